The van der Waals surface area contributed by atoms with Crippen molar-refractivity contribution < 1.29 is 14.6 Å². The average Bonchev–Trinajstić information content (AvgIpc) is 1.83. The van der Waals surface area contributed by atoms with Gasteiger partial charge in [-0.2, -0.15) is 0 Å². The predicted octanol–water partition coefficient (Wildman–Crippen LogP) is -0.489. The van der Waals surface area contributed by atoms with Crippen molar-refractivity contribution in [1.29, 1.82) is 0 Å². The summed E-state index contributed by atoms with van der Waals surface area (Å²) in [5.41, 5.74) is 0. The zero-order chi connectivity index (χ0) is 6.41. The third-order valence-corrected chi connectivity index (χ3v) is 0.472. The SMILES string of the molecule is [CH]=CC(=O)OCCO. The van der Waals surface area contributed by atoms with E-state index in [2.05, 4.69) is 4.74 Å². The number of carbonyl (C=O) groups is 1. The summed E-state index contributed by atoms with van der Waals surface area (Å²) in [4.78, 5) is 10.1. The van der Waals surface area contributed by atoms with E-state index in [1.54, 1.807) is 0 Å². The summed E-state index contributed by atoms with van der Waals surface area (Å²) in [6, 6.07) is 0. The van der Waals surface area contributed by atoms with E-state index in [-0.39, 0.29) is 13.2 Å². The van der Waals surface area contributed by atoms with Gasteiger partial charge in [0, 0.05) is 6.08 Å². The van der Waals surface area contributed by atoms with Crippen LogP contribution >= 0.6 is 0 Å². The van der Waals surface area contributed by atoms with E-state index in [1.807, 2.05) is 0 Å². The number of hydrogen-bond acceptors (Lipinski definition) is 3. The van der Waals surface area contributed by atoms with Gasteiger partial charge in [-0.25, -0.2) is 4.79 Å². The largest absolute Gasteiger partial charge is 0.460 e. The van der Waals surface area contributed by atoms with Crippen LogP contribution in [0, 0.1) is 6.58 Å². The van der Waals surface area contributed by atoms with Gasteiger partial charge < -0.3 is 9.84 Å². The summed E-state index contributed by atoms with van der Waals surface area (Å²) < 4.78 is 4.27. The molecule has 0 aromatic rings. The van der Waals surface area contributed by atoms with Crippen LogP contribution in [-0.4, -0.2) is 24.3 Å². The Morgan fingerprint density at radius 1 is 1.88 bits per heavy atom. The maximum Gasteiger partial charge on any atom is 0.330 e. The highest BCUT2D eigenvalue weighted by molar-refractivity contribution is 5.80. The van der Waals surface area contributed by atoms with E-state index >= 15 is 0 Å². The molecule has 1 radical (unpaired) electrons. The van der Waals surface area contributed by atoms with E-state index in [0.717, 1.165) is 6.08 Å². The van der Waals surface area contributed by atoms with Gasteiger partial charge in [0.05, 0.1) is 6.61 Å². The molecule has 0 bridgehead atoms. The Bertz CT molecular complexity index is 87.7. The Labute approximate surface area is 47.6 Å². The van der Waals surface area contributed by atoms with E-state index in [0.29, 0.717) is 0 Å². The van der Waals surface area contributed by atoms with Gasteiger partial charge >= 0.3 is 5.97 Å². The lowest BCUT2D eigenvalue weighted by molar-refractivity contribution is -0.138. The van der Waals surface area contributed by atoms with Gasteiger partial charge in [-0.05, 0) is 0 Å². The van der Waals surface area contributed by atoms with Crippen molar-refractivity contribution in [2.75, 3.05) is 13.2 Å². The number of ether oxygens (including phenoxy) is 1. The molecule has 8 heavy (non-hydrogen) atoms. The monoisotopic (exact) mass is 115 g/mol. The molecule has 0 heterocycles. The first-order chi connectivity index (χ1) is 3.81. The van der Waals surface area contributed by atoms with Crippen molar-refractivity contribution in [3.05, 3.63) is 12.7 Å². The standard InChI is InChI=1S/C5H7O3/c1-2-5(7)8-4-3-6/h1-2,6H,3-4H2. The van der Waals surface area contributed by atoms with Crippen LogP contribution in [0.15, 0.2) is 6.08 Å². The van der Waals surface area contributed by atoms with Crippen LogP contribution in [0.25, 0.3) is 0 Å². The molecule has 0 saturated carbocycles. The third kappa shape index (κ3) is 3.36. The topological polar surface area (TPSA) is 46.5 Å². The molecule has 3 nitrogen and oxygen atoms in total. The Morgan fingerprint density at radius 2 is 2.50 bits per heavy atom. The number of rotatable bonds is 3. The molecule has 0 atom stereocenters. The van der Waals surface area contributed by atoms with Crippen molar-refractivity contribution in [3.8, 4) is 0 Å². The van der Waals surface area contributed by atoms with Crippen LogP contribution in [-0.2, 0) is 9.53 Å². The number of esters is 1. The summed E-state index contributed by atoms with van der Waals surface area (Å²) in [6.07, 6.45) is 0.801. The van der Waals surface area contributed by atoms with Crippen LogP contribution in [0.3, 0.4) is 0 Å². The molecule has 0 aliphatic rings. The molecule has 0 spiro atoms. The van der Waals surface area contributed by atoms with Gasteiger partial charge in [0.1, 0.15) is 6.61 Å². The molecular weight excluding hydrogens is 108 g/mol. The van der Waals surface area contributed by atoms with Crippen molar-refractivity contribution in [2.24, 2.45) is 0 Å². The Hall–Kier alpha value is -0.830. The molecule has 0 aliphatic heterocycles. The van der Waals surface area contributed by atoms with Crippen molar-refractivity contribution in [2.45, 2.75) is 0 Å². The Kier molecular flexibility index (Phi) is 3.88. The maximum absolute atomic E-state index is 10.1. The Morgan fingerprint density at radius 3 is 2.88 bits per heavy atom. The summed E-state index contributed by atoms with van der Waals surface area (Å²) in [6.45, 7) is 4.57. The highest BCUT2D eigenvalue weighted by Gasteiger charge is 1.90. The Balaban J connectivity index is 3.11. The van der Waals surface area contributed by atoms with Crippen LogP contribution in [0.5, 0.6) is 0 Å². The molecule has 1 N–H and O–H groups in total. The molecule has 45 valence electrons. The molecule has 0 unspecified atom stereocenters. The van der Waals surface area contributed by atoms with Gasteiger partial charge in [-0.15, -0.1) is 0 Å². The van der Waals surface area contributed by atoms with Crippen molar-refractivity contribution >= 4 is 5.97 Å². The smallest absolute Gasteiger partial charge is 0.330 e. The average molecular weight is 115 g/mol. The maximum atomic E-state index is 10.1. The second-order valence-corrected chi connectivity index (χ2v) is 1.06. The van der Waals surface area contributed by atoms with Gasteiger partial charge in [0.2, 0.25) is 0 Å². The molecule has 0 amide bonds. The minimum atomic E-state index is -0.612. The lowest BCUT2D eigenvalue weighted by Gasteiger charge is -1.94. The number of aliphatic hydroxyl groups excluding tert-OH is 1. The normalized spacial score (nSPS) is 8.12. The molecule has 0 aromatic carbocycles. The summed E-state index contributed by atoms with van der Waals surface area (Å²) in [5, 5.41) is 8.08. The van der Waals surface area contributed by atoms with Crippen molar-refractivity contribution in [1.82, 2.24) is 0 Å². The number of aliphatic hydroxyl groups is 1. The van der Waals surface area contributed by atoms with Gasteiger partial charge in [-0.1, -0.05) is 6.58 Å². The van der Waals surface area contributed by atoms with E-state index in [9.17, 15) is 4.79 Å². The highest BCUT2D eigenvalue weighted by atomic mass is 16.5. The van der Waals surface area contributed by atoms with Gasteiger partial charge in [0.25, 0.3) is 0 Å². The van der Waals surface area contributed by atoms with E-state index in [4.69, 9.17) is 11.7 Å². The molecule has 0 rings (SSSR count). The molecule has 0 saturated heterocycles. The van der Waals surface area contributed by atoms with Crippen molar-refractivity contribution in [3.63, 3.8) is 0 Å². The molecule has 0 fully saturated rings. The van der Waals surface area contributed by atoms with Crippen LogP contribution < -0.4 is 0 Å². The fourth-order valence-electron chi connectivity index (χ4n) is 0.194. The third-order valence-electron chi connectivity index (χ3n) is 0.472. The fourth-order valence-corrected chi connectivity index (χ4v) is 0.194. The first-order valence-electron chi connectivity index (χ1n) is 2.14. The number of hydrogen-bond donors (Lipinski definition) is 1. The molecular formula is C5H7O3. The zero-order valence-corrected chi connectivity index (χ0v) is 4.33. The molecule has 3 heteroatoms. The predicted molar refractivity (Wildman–Crippen MR) is 26.9 cm³/mol. The fraction of sp³-hybridized carbons (Fsp3) is 0.400. The lowest BCUT2D eigenvalue weighted by atomic mass is 10.6. The summed E-state index contributed by atoms with van der Waals surface area (Å²) >= 11 is 0. The van der Waals surface area contributed by atoms with Crippen LogP contribution in [0.4, 0.5) is 0 Å². The summed E-state index contributed by atoms with van der Waals surface area (Å²) in [7, 11) is 0. The number of carbonyl (C=O) groups excluding carboxylic acids is 1. The van der Waals surface area contributed by atoms with Gasteiger partial charge in [0.15, 0.2) is 0 Å². The minimum Gasteiger partial charge on any atom is -0.460 e. The second-order valence-electron chi connectivity index (χ2n) is 1.06. The van der Waals surface area contributed by atoms with E-state index in [1.165, 1.54) is 0 Å². The zero-order valence-electron chi connectivity index (χ0n) is 4.33. The molecule has 0 aliphatic carbocycles. The van der Waals surface area contributed by atoms with Gasteiger partial charge in [-0.3, -0.25) is 0 Å². The lowest BCUT2D eigenvalue weighted by Crippen LogP contribution is -2.04. The summed E-state index contributed by atoms with van der Waals surface area (Å²) in [5.74, 6) is -0.612. The quantitative estimate of drug-likeness (QED) is 0.399. The van der Waals surface area contributed by atoms with E-state index < -0.39 is 5.97 Å². The van der Waals surface area contributed by atoms with Crippen LogP contribution in [0.1, 0.15) is 0 Å². The van der Waals surface area contributed by atoms with Crippen LogP contribution in [0.2, 0.25) is 0 Å². The first kappa shape index (κ1) is 7.17. The second kappa shape index (κ2) is 4.33. The molecule has 0 aromatic heterocycles. The first-order valence-corrected chi connectivity index (χ1v) is 2.14. The minimum absolute atomic E-state index is 0.00648. The highest BCUT2D eigenvalue weighted by Crippen LogP contribution is 1.75.